The van der Waals surface area contributed by atoms with E-state index in [1.165, 1.54) is 11.1 Å². The molecule has 0 spiro atoms. The Morgan fingerprint density at radius 3 is 2.17 bits per heavy atom. The summed E-state index contributed by atoms with van der Waals surface area (Å²) in [6.07, 6.45) is 4.24. The summed E-state index contributed by atoms with van der Waals surface area (Å²) in [6, 6.07) is 24.8. The van der Waals surface area contributed by atoms with Gasteiger partial charge >= 0.3 is 0 Å². The molecule has 0 aliphatic heterocycles. The zero-order valence-electron chi connectivity index (χ0n) is 12.5. The molecule has 0 atom stereocenters. The van der Waals surface area contributed by atoms with Crippen LogP contribution in [0.3, 0.4) is 0 Å². The number of hydrogen-bond acceptors (Lipinski definition) is 2. The highest BCUT2D eigenvalue weighted by molar-refractivity contribution is 5.91. The zero-order chi connectivity index (χ0) is 15.5. The molecule has 0 radical (unpaired) electrons. The topological polar surface area (TPSA) is 41.6 Å². The summed E-state index contributed by atoms with van der Waals surface area (Å²) in [7, 11) is 0. The van der Waals surface area contributed by atoms with Crippen molar-refractivity contribution in [2.24, 2.45) is 0 Å². The maximum atomic E-state index is 4.24. The Labute approximate surface area is 134 Å². The van der Waals surface area contributed by atoms with E-state index in [1.54, 1.807) is 0 Å². The van der Waals surface area contributed by atoms with Gasteiger partial charge in [0.15, 0.2) is 0 Å². The number of hydrogen-bond donors (Lipinski definition) is 1. The van der Waals surface area contributed by atoms with Crippen LogP contribution in [-0.2, 0) is 0 Å². The SMILES string of the molecule is C(=Cc1ccc(-c2cccc3n[nH]nc23)cc1)c1ccccc1. The highest BCUT2D eigenvalue weighted by Crippen LogP contribution is 2.26. The first-order valence-electron chi connectivity index (χ1n) is 7.53. The third kappa shape index (κ3) is 2.77. The first kappa shape index (κ1) is 13.5. The molecule has 1 aromatic heterocycles. The Balaban J connectivity index is 1.63. The third-order valence-electron chi connectivity index (χ3n) is 3.84. The van der Waals surface area contributed by atoms with Gasteiger partial charge in [-0.05, 0) is 22.8 Å². The third-order valence-corrected chi connectivity index (χ3v) is 3.84. The van der Waals surface area contributed by atoms with Crippen LogP contribution in [-0.4, -0.2) is 15.4 Å². The van der Waals surface area contributed by atoms with Gasteiger partial charge in [-0.1, -0.05) is 78.9 Å². The second kappa shape index (κ2) is 5.89. The summed E-state index contributed by atoms with van der Waals surface area (Å²) >= 11 is 0. The minimum Gasteiger partial charge on any atom is -0.197 e. The first-order chi connectivity index (χ1) is 11.4. The zero-order valence-corrected chi connectivity index (χ0v) is 12.5. The van der Waals surface area contributed by atoms with E-state index in [0.29, 0.717) is 0 Å². The van der Waals surface area contributed by atoms with Crippen molar-refractivity contribution in [3.63, 3.8) is 0 Å². The lowest BCUT2D eigenvalue weighted by Crippen LogP contribution is -1.81. The molecule has 3 nitrogen and oxygen atoms in total. The van der Waals surface area contributed by atoms with Crippen LogP contribution < -0.4 is 0 Å². The van der Waals surface area contributed by atoms with Crippen LogP contribution in [0, 0.1) is 0 Å². The van der Waals surface area contributed by atoms with E-state index < -0.39 is 0 Å². The second-order valence-corrected chi connectivity index (χ2v) is 5.36. The quantitative estimate of drug-likeness (QED) is 0.552. The molecule has 0 amide bonds. The van der Waals surface area contributed by atoms with E-state index in [-0.39, 0.29) is 0 Å². The summed E-state index contributed by atoms with van der Waals surface area (Å²) in [4.78, 5) is 0. The lowest BCUT2D eigenvalue weighted by atomic mass is 10.0. The fraction of sp³-hybridized carbons (Fsp3) is 0. The number of nitrogens with one attached hydrogen (secondary N) is 1. The first-order valence-corrected chi connectivity index (χ1v) is 7.53. The summed E-state index contributed by atoms with van der Waals surface area (Å²) in [6.45, 7) is 0. The molecule has 0 saturated heterocycles. The van der Waals surface area contributed by atoms with Gasteiger partial charge in [-0.3, -0.25) is 0 Å². The average Bonchev–Trinajstić information content (AvgIpc) is 3.10. The van der Waals surface area contributed by atoms with E-state index in [9.17, 15) is 0 Å². The van der Waals surface area contributed by atoms with Gasteiger partial charge in [0.25, 0.3) is 0 Å². The molecule has 0 unspecified atom stereocenters. The highest BCUT2D eigenvalue weighted by Gasteiger charge is 2.06. The average molecular weight is 297 g/mol. The summed E-state index contributed by atoms with van der Waals surface area (Å²) in [5, 5.41) is 11.1. The van der Waals surface area contributed by atoms with E-state index in [4.69, 9.17) is 0 Å². The molecule has 4 aromatic rings. The number of aromatic amines is 1. The van der Waals surface area contributed by atoms with Crippen molar-refractivity contribution in [1.82, 2.24) is 15.4 Å². The lowest BCUT2D eigenvalue weighted by molar-refractivity contribution is 0.959. The van der Waals surface area contributed by atoms with Crippen molar-refractivity contribution in [3.05, 3.63) is 83.9 Å². The minimum absolute atomic E-state index is 0.885. The van der Waals surface area contributed by atoms with Gasteiger partial charge in [-0.2, -0.15) is 15.4 Å². The Hall–Kier alpha value is -3.20. The van der Waals surface area contributed by atoms with Crippen LogP contribution in [0.2, 0.25) is 0 Å². The number of nitrogens with zero attached hydrogens (tertiary/aromatic N) is 2. The monoisotopic (exact) mass is 297 g/mol. The van der Waals surface area contributed by atoms with E-state index in [2.05, 4.69) is 70.0 Å². The van der Waals surface area contributed by atoms with Gasteiger partial charge in [0.1, 0.15) is 11.0 Å². The number of rotatable bonds is 3. The number of para-hydroxylation sites is 1. The maximum Gasteiger partial charge on any atom is 0.120 e. The fourth-order valence-electron chi connectivity index (χ4n) is 2.63. The van der Waals surface area contributed by atoms with Crippen molar-refractivity contribution in [1.29, 1.82) is 0 Å². The maximum absolute atomic E-state index is 4.24. The predicted octanol–water partition coefficient (Wildman–Crippen LogP) is 4.80. The second-order valence-electron chi connectivity index (χ2n) is 5.36. The van der Waals surface area contributed by atoms with Crippen molar-refractivity contribution < 1.29 is 0 Å². The van der Waals surface area contributed by atoms with Crippen LogP contribution in [0.5, 0.6) is 0 Å². The van der Waals surface area contributed by atoms with Gasteiger partial charge in [-0.25, -0.2) is 0 Å². The highest BCUT2D eigenvalue weighted by atomic mass is 15.3. The number of H-pyrrole nitrogens is 1. The molecule has 4 rings (SSSR count). The van der Waals surface area contributed by atoms with E-state index in [1.807, 2.05) is 30.3 Å². The van der Waals surface area contributed by atoms with Gasteiger partial charge in [-0.15, -0.1) is 0 Å². The van der Waals surface area contributed by atoms with Crippen molar-refractivity contribution in [3.8, 4) is 11.1 Å². The Morgan fingerprint density at radius 2 is 1.39 bits per heavy atom. The lowest BCUT2D eigenvalue weighted by Gasteiger charge is -2.03. The van der Waals surface area contributed by atoms with Gasteiger partial charge < -0.3 is 0 Å². The number of benzene rings is 3. The molecule has 1 heterocycles. The Kier molecular flexibility index (Phi) is 3.45. The number of aromatic nitrogens is 3. The fourth-order valence-corrected chi connectivity index (χ4v) is 2.63. The molecule has 0 bridgehead atoms. The van der Waals surface area contributed by atoms with Crippen LogP contribution >= 0.6 is 0 Å². The van der Waals surface area contributed by atoms with Crippen molar-refractivity contribution in [2.75, 3.05) is 0 Å². The van der Waals surface area contributed by atoms with E-state index >= 15 is 0 Å². The van der Waals surface area contributed by atoms with Crippen molar-refractivity contribution in [2.45, 2.75) is 0 Å². The summed E-state index contributed by atoms with van der Waals surface area (Å²) in [5.74, 6) is 0. The van der Waals surface area contributed by atoms with E-state index in [0.717, 1.165) is 22.2 Å². The molecule has 23 heavy (non-hydrogen) atoms. The molecule has 1 N–H and O–H groups in total. The van der Waals surface area contributed by atoms with Gasteiger partial charge in [0, 0.05) is 5.56 Å². The molecule has 0 aliphatic rings. The smallest absolute Gasteiger partial charge is 0.120 e. The molecule has 110 valence electrons. The molecule has 3 heteroatoms. The molecule has 3 aromatic carbocycles. The van der Waals surface area contributed by atoms with Gasteiger partial charge in [0.2, 0.25) is 0 Å². The molecular weight excluding hydrogens is 282 g/mol. The van der Waals surface area contributed by atoms with Crippen LogP contribution in [0.15, 0.2) is 72.8 Å². The largest absolute Gasteiger partial charge is 0.197 e. The van der Waals surface area contributed by atoms with Crippen LogP contribution in [0.1, 0.15) is 11.1 Å². The van der Waals surface area contributed by atoms with Gasteiger partial charge in [0.05, 0.1) is 0 Å². The van der Waals surface area contributed by atoms with Crippen LogP contribution in [0.25, 0.3) is 34.3 Å². The van der Waals surface area contributed by atoms with Crippen molar-refractivity contribution >= 4 is 23.2 Å². The number of fused-ring (bicyclic) bond motifs is 1. The Morgan fingerprint density at radius 1 is 0.652 bits per heavy atom. The minimum atomic E-state index is 0.885. The normalized spacial score (nSPS) is 11.3. The molecule has 0 saturated carbocycles. The molecular formula is C20H15N3. The Bertz CT molecular complexity index is 951. The molecule has 0 fully saturated rings. The summed E-state index contributed by atoms with van der Waals surface area (Å²) in [5.41, 5.74) is 6.39. The molecule has 0 aliphatic carbocycles. The predicted molar refractivity (Wildman–Crippen MR) is 94.7 cm³/mol. The van der Waals surface area contributed by atoms with Crippen LogP contribution in [0.4, 0.5) is 0 Å². The summed E-state index contributed by atoms with van der Waals surface area (Å²) < 4.78 is 0. The standard InChI is InChI=1S/C20H15N3/c1-2-5-15(6-3-1)9-10-16-11-13-17(14-12-16)18-7-4-8-19-20(18)22-23-21-19/h1-14H,(H,21,22,23).